The van der Waals surface area contributed by atoms with Crippen molar-refractivity contribution in [1.29, 1.82) is 0 Å². The number of rotatable bonds is 7. The second-order valence-corrected chi connectivity index (χ2v) is 8.76. The molecule has 1 aromatic heterocycles. The van der Waals surface area contributed by atoms with E-state index in [1.807, 2.05) is 0 Å². The van der Waals surface area contributed by atoms with Crippen molar-refractivity contribution >= 4 is 43.6 Å². The van der Waals surface area contributed by atoms with Gasteiger partial charge in [0.25, 0.3) is 0 Å². The van der Waals surface area contributed by atoms with Crippen LogP contribution in [0.15, 0.2) is 58.3 Å². The molecule has 10 heteroatoms. The zero-order valence-corrected chi connectivity index (χ0v) is 16.6. The minimum atomic E-state index is -3.62. The van der Waals surface area contributed by atoms with Gasteiger partial charge in [-0.3, -0.25) is 0 Å². The summed E-state index contributed by atoms with van der Waals surface area (Å²) in [4.78, 5) is 0.339. The average molecular weight is 426 g/mol. The molecule has 0 aliphatic carbocycles. The van der Waals surface area contributed by atoms with Gasteiger partial charge < -0.3 is 15.2 Å². The number of nitrogens with one attached hydrogen (secondary N) is 1. The molecule has 0 aliphatic rings. The topological polar surface area (TPSA) is 101 Å². The Balaban J connectivity index is 1.75. The maximum Gasteiger partial charge on any atom is 0.210 e. The Bertz CT molecular complexity index is 1010. The monoisotopic (exact) mass is 425 g/mol. The average Bonchev–Trinajstić information content (AvgIpc) is 3.11. The molecule has 142 valence electrons. The Morgan fingerprint density at radius 3 is 2.30 bits per heavy atom. The third-order valence-electron chi connectivity index (χ3n) is 3.52. The Labute approximate surface area is 165 Å². The fourth-order valence-electron chi connectivity index (χ4n) is 2.20. The lowest BCUT2D eigenvalue weighted by molar-refractivity contribution is -0.0983. The molecule has 3 aromatic rings. The van der Waals surface area contributed by atoms with Crippen LogP contribution in [0.2, 0.25) is 5.02 Å². The van der Waals surface area contributed by atoms with E-state index < -0.39 is 16.1 Å². The van der Waals surface area contributed by atoms with Crippen molar-refractivity contribution in [2.45, 2.75) is 23.0 Å². The summed E-state index contributed by atoms with van der Waals surface area (Å²) in [5.41, 5.74) is 0.638. The van der Waals surface area contributed by atoms with E-state index in [0.29, 0.717) is 27.5 Å². The summed E-state index contributed by atoms with van der Waals surface area (Å²) in [5.74, 6) is 0. The number of ether oxygens (including phenoxy) is 1. The van der Waals surface area contributed by atoms with Gasteiger partial charge in [0.05, 0.1) is 9.79 Å². The molecule has 0 saturated heterocycles. The molecule has 0 radical (unpaired) electrons. The van der Waals surface area contributed by atoms with Crippen LogP contribution < -0.4 is 5.32 Å². The predicted molar refractivity (Wildman–Crippen MR) is 103 cm³/mol. The molecular weight excluding hydrogens is 410 g/mol. The van der Waals surface area contributed by atoms with E-state index in [-0.39, 0.29) is 9.79 Å². The predicted octanol–water partition coefficient (Wildman–Crippen LogP) is 3.80. The quantitative estimate of drug-likeness (QED) is 0.555. The first-order valence-electron chi connectivity index (χ1n) is 7.91. The highest BCUT2D eigenvalue weighted by atomic mass is 35.5. The summed E-state index contributed by atoms with van der Waals surface area (Å²) < 4.78 is 30.3. The lowest BCUT2D eigenvalue weighted by Gasteiger charge is -2.07. The molecule has 3 rings (SSSR count). The molecule has 0 spiro atoms. The number of anilines is 2. The Morgan fingerprint density at radius 2 is 1.70 bits per heavy atom. The van der Waals surface area contributed by atoms with Gasteiger partial charge in [-0.1, -0.05) is 22.9 Å². The highest BCUT2D eigenvalue weighted by molar-refractivity contribution is 7.91. The number of aliphatic hydroxyl groups excluding tert-OH is 1. The van der Waals surface area contributed by atoms with E-state index >= 15 is 0 Å². The van der Waals surface area contributed by atoms with Gasteiger partial charge in [-0.25, -0.2) is 8.42 Å². The van der Waals surface area contributed by atoms with Crippen LogP contribution in [0.1, 0.15) is 18.2 Å². The molecule has 27 heavy (non-hydrogen) atoms. The van der Waals surface area contributed by atoms with E-state index in [1.165, 1.54) is 36.4 Å². The van der Waals surface area contributed by atoms with Crippen molar-refractivity contribution in [2.24, 2.45) is 0 Å². The van der Waals surface area contributed by atoms with Crippen LogP contribution in [-0.2, 0) is 14.6 Å². The number of hydrogen-bond acceptors (Lipinski definition) is 8. The minimum absolute atomic E-state index is 0.167. The number of aliphatic hydroxyl groups is 1. The molecule has 1 unspecified atom stereocenters. The molecule has 1 atom stereocenters. The summed E-state index contributed by atoms with van der Waals surface area (Å²) in [6.45, 7) is 2.12. The summed E-state index contributed by atoms with van der Waals surface area (Å²) in [6, 6.07) is 12.3. The molecule has 7 nitrogen and oxygen atoms in total. The highest BCUT2D eigenvalue weighted by Crippen LogP contribution is 2.27. The van der Waals surface area contributed by atoms with Crippen LogP contribution in [0.5, 0.6) is 0 Å². The van der Waals surface area contributed by atoms with E-state index in [9.17, 15) is 13.5 Å². The number of aromatic nitrogens is 2. The lowest BCUT2D eigenvalue weighted by atomic mass is 10.3. The number of benzene rings is 2. The smallest absolute Gasteiger partial charge is 0.210 e. The zero-order valence-electron chi connectivity index (χ0n) is 14.2. The van der Waals surface area contributed by atoms with Crippen LogP contribution >= 0.6 is 22.9 Å². The van der Waals surface area contributed by atoms with Gasteiger partial charge in [0, 0.05) is 17.3 Å². The standard InChI is InChI=1S/C17H16ClN3O4S2/c1-2-25-16(22)15-20-21-17(26-15)19-12-5-9-14(10-6-12)27(23,24)13-7-3-11(18)4-8-13/h3-10,16,22H,2H2,1H3,(H,19,21). The largest absolute Gasteiger partial charge is 0.362 e. The Hall–Kier alpha value is -2.04. The van der Waals surface area contributed by atoms with Crippen molar-refractivity contribution in [3.05, 3.63) is 58.6 Å². The van der Waals surface area contributed by atoms with Crippen LogP contribution in [0.3, 0.4) is 0 Å². The third-order valence-corrected chi connectivity index (χ3v) is 6.42. The van der Waals surface area contributed by atoms with Gasteiger partial charge >= 0.3 is 0 Å². The van der Waals surface area contributed by atoms with Crippen LogP contribution in [0.25, 0.3) is 0 Å². The van der Waals surface area contributed by atoms with E-state index in [0.717, 1.165) is 11.3 Å². The van der Waals surface area contributed by atoms with Crippen molar-refractivity contribution in [2.75, 3.05) is 11.9 Å². The number of hydrogen-bond donors (Lipinski definition) is 2. The molecule has 0 bridgehead atoms. The van der Waals surface area contributed by atoms with Gasteiger partial charge in [0.2, 0.25) is 21.3 Å². The zero-order chi connectivity index (χ0) is 19.4. The van der Waals surface area contributed by atoms with E-state index in [4.69, 9.17) is 16.3 Å². The molecule has 0 saturated carbocycles. The highest BCUT2D eigenvalue weighted by Gasteiger charge is 2.18. The van der Waals surface area contributed by atoms with E-state index in [2.05, 4.69) is 15.5 Å². The normalized spacial score (nSPS) is 12.7. The van der Waals surface area contributed by atoms with Gasteiger partial charge in [0.15, 0.2) is 5.01 Å². The first kappa shape index (κ1) is 19.7. The van der Waals surface area contributed by atoms with Gasteiger partial charge in [-0.2, -0.15) is 0 Å². The molecule has 0 aliphatic heterocycles. The maximum absolute atomic E-state index is 12.6. The van der Waals surface area contributed by atoms with Crippen molar-refractivity contribution in [3.8, 4) is 0 Å². The molecule has 2 N–H and O–H groups in total. The first-order chi connectivity index (χ1) is 12.9. The fraction of sp³-hybridized carbons (Fsp3) is 0.176. The van der Waals surface area contributed by atoms with Crippen LogP contribution in [-0.4, -0.2) is 30.3 Å². The lowest BCUT2D eigenvalue weighted by Crippen LogP contribution is -2.02. The first-order valence-corrected chi connectivity index (χ1v) is 10.6. The molecule has 1 heterocycles. The second-order valence-electron chi connectivity index (χ2n) is 5.36. The minimum Gasteiger partial charge on any atom is -0.362 e. The summed E-state index contributed by atoms with van der Waals surface area (Å²) >= 11 is 6.95. The molecule has 0 fully saturated rings. The van der Waals surface area contributed by atoms with Crippen LogP contribution in [0.4, 0.5) is 10.8 Å². The maximum atomic E-state index is 12.6. The summed E-state index contributed by atoms with van der Waals surface area (Å²) in [7, 11) is -3.62. The molecular formula is C17H16ClN3O4S2. The Morgan fingerprint density at radius 1 is 1.11 bits per heavy atom. The molecule has 2 aromatic carbocycles. The molecule has 0 amide bonds. The summed E-state index contributed by atoms with van der Waals surface area (Å²) in [6.07, 6.45) is -1.12. The Kier molecular flexibility index (Phi) is 6.08. The number of halogens is 1. The van der Waals surface area contributed by atoms with E-state index in [1.54, 1.807) is 19.1 Å². The number of nitrogens with zero attached hydrogens (tertiary/aromatic N) is 2. The third kappa shape index (κ3) is 4.63. The second kappa shape index (κ2) is 8.32. The van der Waals surface area contributed by atoms with Gasteiger partial charge in [0.1, 0.15) is 0 Å². The number of sulfone groups is 1. The van der Waals surface area contributed by atoms with Crippen molar-refractivity contribution in [3.63, 3.8) is 0 Å². The van der Waals surface area contributed by atoms with Gasteiger partial charge in [-0.15, -0.1) is 10.2 Å². The summed E-state index contributed by atoms with van der Waals surface area (Å²) in [5, 5.41) is 21.8. The van der Waals surface area contributed by atoms with Crippen molar-refractivity contribution in [1.82, 2.24) is 10.2 Å². The van der Waals surface area contributed by atoms with Crippen LogP contribution in [0, 0.1) is 0 Å². The van der Waals surface area contributed by atoms with Gasteiger partial charge in [-0.05, 0) is 55.5 Å². The SMILES string of the molecule is CCOC(O)c1nnc(Nc2ccc(S(=O)(=O)c3ccc(Cl)cc3)cc2)s1. The fourth-order valence-corrected chi connectivity index (χ4v) is 4.29. The van der Waals surface area contributed by atoms with Crippen molar-refractivity contribution < 1.29 is 18.3 Å².